The minimum atomic E-state index is 0.600. The van der Waals surface area contributed by atoms with Gasteiger partial charge in [0, 0.05) is 10.5 Å². The third kappa shape index (κ3) is 4.62. The van der Waals surface area contributed by atoms with Crippen LogP contribution in [0.25, 0.3) is 0 Å². The van der Waals surface area contributed by atoms with Crippen molar-refractivity contribution in [2.24, 2.45) is 5.92 Å². The molecule has 0 radical (unpaired) electrons. The first kappa shape index (κ1) is 15.5. The molecule has 0 aliphatic rings. The number of nitrogens with one attached hydrogen (secondary N) is 1. The molecule has 0 amide bonds. The SMILES string of the molecule is CNC(CCCc1cc(Br)ccc1OC)C(C)C. The van der Waals surface area contributed by atoms with Crippen LogP contribution in [0, 0.1) is 5.92 Å². The van der Waals surface area contributed by atoms with Gasteiger partial charge in [-0.25, -0.2) is 0 Å². The van der Waals surface area contributed by atoms with Crippen LogP contribution in [0.5, 0.6) is 5.75 Å². The van der Waals surface area contributed by atoms with E-state index in [9.17, 15) is 0 Å². The van der Waals surface area contributed by atoms with Crippen molar-refractivity contribution < 1.29 is 4.74 Å². The average molecular weight is 314 g/mol. The number of halogens is 1. The van der Waals surface area contributed by atoms with Gasteiger partial charge in [-0.15, -0.1) is 0 Å². The lowest BCUT2D eigenvalue weighted by Crippen LogP contribution is -2.30. The molecule has 18 heavy (non-hydrogen) atoms. The average Bonchev–Trinajstić information content (AvgIpc) is 2.34. The standard InChI is InChI=1S/C15H24BrNO/c1-11(2)14(17-3)7-5-6-12-10-13(16)8-9-15(12)18-4/h8-11,14,17H,5-7H2,1-4H3. The third-order valence-corrected chi connectivity index (χ3v) is 3.87. The zero-order valence-corrected chi connectivity index (χ0v) is 13.4. The smallest absolute Gasteiger partial charge is 0.122 e. The quantitative estimate of drug-likeness (QED) is 0.820. The van der Waals surface area contributed by atoms with Gasteiger partial charge in [-0.1, -0.05) is 29.8 Å². The second-order valence-electron chi connectivity index (χ2n) is 4.99. The summed E-state index contributed by atoms with van der Waals surface area (Å²) in [7, 11) is 3.78. The summed E-state index contributed by atoms with van der Waals surface area (Å²) in [6.07, 6.45) is 3.44. The van der Waals surface area contributed by atoms with E-state index in [1.807, 2.05) is 19.2 Å². The Hall–Kier alpha value is -0.540. The van der Waals surface area contributed by atoms with E-state index in [0.29, 0.717) is 12.0 Å². The van der Waals surface area contributed by atoms with Gasteiger partial charge in [0.05, 0.1) is 7.11 Å². The Balaban J connectivity index is 2.55. The first-order valence-electron chi connectivity index (χ1n) is 6.58. The Kier molecular flexibility index (Phi) is 6.72. The van der Waals surface area contributed by atoms with Crippen molar-refractivity contribution in [2.75, 3.05) is 14.2 Å². The van der Waals surface area contributed by atoms with Crippen LogP contribution in [-0.4, -0.2) is 20.2 Å². The number of benzene rings is 1. The monoisotopic (exact) mass is 313 g/mol. The number of aryl methyl sites for hydroxylation is 1. The maximum Gasteiger partial charge on any atom is 0.122 e. The predicted molar refractivity (Wildman–Crippen MR) is 81.3 cm³/mol. The number of hydrogen-bond donors (Lipinski definition) is 1. The van der Waals surface area contributed by atoms with E-state index in [-0.39, 0.29) is 0 Å². The summed E-state index contributed by atoms with van der Waals surface area (Å²) < 4.78 is 6.51. The molecule has 1 unspecified atom stereocenters. The van der Waals surface area contributed by atoms with E-state index in [1.54, 1.807) is 7.11 Å². The van der Waals surface area contributed by atoms with Crippen LogP contribution < -0.4 is 10.1 Å². The maximum absolute atomic E-state index is 5.40. The highest BCUT2D eigenvalue weighted by Gasteiger charge is 2.11. The Morgan fingerprint density at radius 1 is 1.33 bits per heavy atom. The molecular weight excluding hydrogens is 290 g/mol. The summed E-state index contributed by atoms with van der Waals surface area (Å²) in [4.78, 5) is 0. The number of hydrogen-bond acceptors (Lipinski definition) is 2. The van der Waals surface area contributed by atoms with E-state index in [0.717, 1.165) is 16.6 Å². The minimum absolute atomic E-state index is 0.600. The highest BCUT2D eigenvalue weighted by Crippen LogP contribution is 2.25. The Morgan fingerprint density at radius 3 is 2.61 bits per heavy atom. The molecule has 0 aromatic heterocycles. The summed E-state index contributed by atoms with van der Waals surface area (Å²) in [5, 5.41) is 3.39. The summed E-state index contributed by atoms with van der Waals surface area (Å²) in [6.45, 7) is 4.53. The van der Waals surface area contributed by atoms with Gasteiger partial charge in [0.1, 0.15) is 5.75 Å². The minimum Gasteiger partial charge on any atom is -0.496 e. The number of methoxy groups -OCH3 is 1. The van der Waals surface area contributed by atoms with E-state index in [2.05, 4.69) is 41.2 Å². The molecule has 0 heterocycles. The van der Waals surface area contributed by atoms with E-state index in [4.69, 9.17) is 4.74 Å². The van der Waals surface area contributed by atoms with Crippen molar-refractivity contribution in [1.29, 1.82) is 0 Å². The lowest BCUT2D eigenvalue weighted by Gasteiger charge is -2.20. The lowest BCUT2D eigenvalue weighted by atomic mass is 9.97. The Morgan fingerprint density at radius 2 is 2.06 bits per heavy atom. The van der Waals surface area contributed by atoms with Gasteiger partial charge in [-0.2, -0.15) is 0 Å². The Labute approximate surface area is 119 Å². The predicted octanol–water partition coefficient (Wildman–Crippen LogP) is 4.02. The van der Waals surface area contributed by atoms with Gasteiger partial charge >= 0.3 is 0 Å². The number of ether oxygens (including phenoxy) is 1. The fourth-order valence-corrected chi connectivity index (χ4v) is 2.67. The van der Waals surface area contributed by atoms with Crippen molar-refractivity contribution in [3.63, 3.8) is 0 Å². The summed E-state index contributed by atoms with van der Waals surface area (Å²) in [5.74, 6) is 1.67. The normalized spacial score (nSPS) is 12.8. The van der Waals surface area contributed by atoms with Gasteiger partial charge in [-0.3, -0.25) is 0 Å². The van der Waals surface area contributed by atoms with Crippen LogP contribution in [-0.2, 0) is 6.42 Å². The van der Waals surface area contributed by atoms with Crippen LogP contribution >= 0.6 is 15.9 Å². The second-order valence-corrected chi connectivity index (χ2v) is 5.90. The van der Waals surface area contributed by atoms with Gasteiger partial charge in [0.2, 0.25) is 0 Å². The Bertz CT molecular complexity index is 366. The second kappa shape index (κ2) is 7.80. The lowest BCUT2D eigenvalue weighted by molar-refractivity contribution is 0.388. The van der Waals surface area contributed by atoms with E-state index >= 15 is 0 Å². The van der Waals surface area contributed by atoms with Gasteiger partial charge in [0.15, 0.2) is 0 Å². The first-order valence-corrected chi connectivity index (χ1v) is 7.37. The van der Waals surface area contributed by atoms with Crippen LogP contribution in [0.4, 0.5) is 0 Å². The van der Waals surface area contributed by atoms with E-state index < -0.39 is 0 Å². The molecule has 1 aromatic rings. The molecule has 1 atom stereocenters. The van der Waals surface area contributed by atoms with Crippen molar-refractivity contribution >= 4 is 15.9 Å². The van der Waals surface area contributed by atoms with Crippen molar-refractivity contribution in [1.82, 2.24) is 5.32 Å². The van der Waals surface area contributed by atoms with Gasteiger partial charge in [-0.05, 0) is 56.0 Å². The number of rotatable bonds is 7. The molecule has 1 aromatic carbocycles. The van der Waals surface area contributed by atoms with Crippen molar-refractivity contribution in [2.45, 2.75) is 39.2 Å². The highest BCUT2D eigenvalue weighted by molar-refractivity contribution is 9.10. The molecule has 1 N–H and O–H groups in total. The highest BCUT2D eigenvalue weighted by atomic mass is 79.9. The molecule has 2 nitrogen and oxygen atoms in total. The molecule has 0 saturated heterocycles. The van der Waals surface area contributed by atoms with Crippen molar-refractivity contribution in [3.8, 4) is 5.75 Å². The molecule has 0 aliphatic carbocycles. The van der Waals surface area contributed by atoms with E-state index in [1.165, 1.54) is 18.4 Å². The summed E-state index contributed by atoms with van der Waals surface area (Å²) >= 11 is 3.52. The van der Waals surface area contributed by atoms with Crippen LogP contribution in [0.15, 0.2) is 22.7 Å². The zero-order valence-electron chi connectivity index (χ0n) is 11.8. The zero-order chi connectivity index (χ0) is 13.5. The molecule has 0 fully saturated rings. The molecule has 3 heteroatoms. The molecule has 0 aliphatic heterocycles. The summed E-state index contributed by atoms with van der Waals surface area (Å²) in [5.41, 5.74) is 1.28. The van der Waals surface area contributed by atoms with Crippen LogP contribution in [0.1, 0.15) is 32.3 Å². The fourth-order valence-electron chi connectivity index (χ4n) is 2.27. The van der Waals surface area contributed by atoms with Gasteiger partial charge in [0.25, 0.3) is 0 Å². The maximum atomic E-state index is 5.40. The molecular formula is C15H24BrNO. The molecule has 102 valence electrons. The fraction of sp³-hybridized carbons (Fsp3) is 0.600. The molecule has 0 saturated carbocycles. The van der Waals surface area contributed by atoms with Crippen LogP contribution in [0.3, 0.4) is 0 Å². The van der Waals surface area contributed by atoms with Crippen molar-refractivity contribution in [3.05, 3.63) is 28.2 Å². The third-order valence-electron chi connectivity index (χ3n) is 3.38. The first-order chi connectivity index (χ1) is 8.58. The molecule has 1 rings (SSSR count). The molecule has 0 spiro atoms. The molecule has 0 bridgehead atoms. The topological polar surface area (TPSA) is 21.3 Å². The largest absolute Gasteiger partial charge is 0.496 e. The van der Waals surface area contributed by atoms with Crippen LogP contribution in [0.2, 0.25) is 0 Å². The van der Waals surface area contributed by atoms with Gasteiger partial charge < -0.3 is 10.1 Å². The summed E-state index contributed by atoms with van der Waals surface area (Å²) in [6, 6.07) is 6.80.